The molecule has 0 saturated carbocycles. The third kappa shape index (κ3) is 11.3. The van der Waals surface area contributed by atoms with Gasteiger partial charge in [-0.15, -0.1) is 11.4 Å². The molecule has 0 bridgehead atoms. The van der Waals surface area contributed by atoms with Gasteiger partial charge in [0.2, 0.25) is 0 Å². The van der Waals surface area contributed by atoms with E-state index < -0.39 is 33.2 Å². The van der Waals surface area contributed by atoms with Crippen molar-refractivity contribution in [2.75, 3.05) is 0 Å². The molecule has 6 rings (SSSR count). The van der Waals surface area contributed by atoms with E-state index in [0.29, 0.717) is 11.4 Å². The minimum Gasteiger partial charge on any atom is -0.478 e. The second-order valence-electron chi connectivity index (χ2n) is 10.7. The minimum atomic E-state index is -4.35. The molecule has 0 unspecified atom stereocenters. The van der Waals surface area contributed by atoms with Gasteiger partial charge in [0, 0.05) is 17.4 Å². The molecule has 0 spiro atoms. The van der Waals surface area contributed by atoms with E-state index in [1.165, 1.54) is 48.0 Å². The molecule has 6 aromatic rings. The van der Waals surface area contributed by atoms with Crippen LogP contribution in [0.1, 0.15) is 32.1 Å². The Balaban J connectivity index is 0.000000364. The predicted octanol–water partition coefficient (Wildman–Crippen LogP) is -0.000960. The van der Waals surface area contributed by atoms with E-state index in [-0.39, 0.29) is 127 Å². The summed E-state index contributed by atoms with van der Waals surface area (Å²) in [5.74, 6) is -2.29. The fourth-order valence-electron chi connectivity index (χ4n) is 4.60. The molecule has 0 aliphatic carbocycles. The topological polar surface area (TPSA) is 248 Å². The smallest absolute Gasteiger partial charge is 0.478 e. The van der Waals surface area contributed by atoms with E-state index >= 15 is 0 Å². The van der Waals surface area contributed by atoms with Crippen molar-refractivity contribution in [1.82, 2.24) is 19.6 Å². The number of para-hydroxylation sites is 1. The summed E-state index contributed by atoms with van der Waals surface area (Å²) in [6, 6.07) is 26.0. The van der Waals surface area contributed by atoms with E-state index in [0.717, 1.165) is 16.8 Å². The molecular weight excluding hydrogens is 794 g/mol. The maximum absolute atomic E-state index is 12.6. The van der Waals surface area contributed by atoms with Crippen molar-refractivity contribution >= 4 is 44.8 Å². The van der Waals surface area contributed by atoms with Crippen molar-refractivity contribution in [3.05, 3.63) is 146 Å². The van der Waals surface area contributed by atoms with Crippen LogP contribution in [0.2, 0.25) is 0 Å². The number of rotatable bonds is 9. The van der Waals surface area contributed by atoms with Gasteiger partial charge in [-0.25, -0.2) is 29.2 Å². The van der Waals surface area contributed by atoms with Gasteiger partial charge in [-0.1, -0.05) is 67.7 Å². The monoisotopic (exact) mass is 820 g/mol. The van der Waals surface area contributed by atoms with Crippen LogP contribution < -0.4 is 70.2 Å². The number of aryl methyl sites for hydroxylation is 2. The third-order valence-electron chi connectivity index (χ3n) is 7.14. The van der Waals surface area contributed by atoms with Crippen LogP contribution in [0.5, 0.6) is 0 Å². The van der Waals surface area contributed by atoms with Crippen LogP contribution in [-0.2, 0) is 27.5 Å². The Morgan fingerprint density at radius 1 is 0.618 bits per heavy atom. The molecule has 0 aliphatic heterocycles. The first-order valence-corrected chi connectivity index (χ1v) is 16.3. The number of aromatic carboxylic acids is 2. The van der Waals surface area contributed by atoms with Gasteiger partial charge in [0.15, 0.2) is 0 Å². The van der Waals surface area contributed by atoms with Crippen LogP contribution in [-0.4, -0.2) is 54.7 Å². The number of azo groups is 2. The number of hydrogen-bond acceptors (Lipinski definition) is 12. The van der Waals surface area contributed by atoms with E-state index in [9.17, 15) is 27.6 Å². The standard InChI is InChI=1S/C17H13N4O6S.C17H13N4O3.Cr.2Na/c1-10-15(19-18-14-5-3-2-4-13(14)17(23)24)16(22)21(20-10)11-6-8-12(9-7-11)28(25,26)27;1-11-15(16(22)21(20-11)12-7-3-2-4-8-12)19-18-14-10-6-5-9-13(14)17(23)24;;;/h2-9H,1H3,(H,23,24)(H,25,26,27);2-10H,1H3,(H,23,24);;;/q2*-1;;2*+1. The Kier molecular flexibility index (Phi) is 17.3. The average Bonchev–Trinajstić information content (AvgIpc) is 3.58. The zero-order valence-electron chi connectivity index (χ0n) is 29.5. The predicted molar refractivity (Wildman–Crippen MR) is 185 cm³/mol. The van der Waals surface area contributed by atoms with Gasteiger partial charge in [-0.05, 0) is 60.7 Å². The van der Waals surface area contributed by atoms with Gasteiger partial charge in [0.25, 0.3) is 10.1 Å². The van der Waals surface area contributed by atoms with E-state index in [2.05, 4.69) is 30.7 Å². The fourth-order valence-corrected chi connectivity index (χ4v) is 5.08. The molecule has 17 nitrogen and oxygen atoms in total. The molecule has 0 fully saturated rings. The van der Waals surface area contributed by atoms with Gasteiger partial charge in [0.05, 0.1) is 38.8 Å². The summed E-state index contributed by atoms with van der Waals surface area (Å²) in [7, 11) is -4.35. The van der Waals surface area contributed by atoms with Crippen molar-refractivity contribution in [2.24, 2.45) is 20.5 Å². The Hall–Kier alpha value is -4.52. The summed E-state index contributed by atoms with van der Waals surface area (Å²) in [5, 5.41) is 42.1. The van der Waals surface area contributed by atoms with Crippen LogP contribution in [0.4, 0.5) is 22.7 Å². The Morgan fingerprint density at radius 2 is 0.982 bits per heavy atom. The molecule has 21 heteroatoms. The Bertz CT molecular complexity index is 2590. The first-order valence-electron chi connectivity index (χ1n) is 14.9. The summed E-state index contributed by atoms with van der Waals surface area (Å²) in [5.41, 5.74) is 0.732. The quantitative estimate of drug-likeness (QED) is 0.0758. The molecule has 3 N–H and O–H groups in total. The number of carboxylic acid groups (broad SMARTS) is 2. The summed E-state index contributed by atoms with van der Waals surface area (Å²) in [4.78, 5) is 47.1. The number of benzene rings is 4. The number of carboxylic acids is 2. The van der Waals surface area contributed by atoms with E-state index in [1.54, 1.807) is 55.5 Å². The number of hydrogen-bond donors (Lipinski definition) is 3. The van der Waals surface area contributed by atoms with Gasteiger partial charge < -0.3 is 30.0 Å². The minimum absolute atomic E-state index is 0. The number of aromatic nitrogens is 4. The van der Waals surface area contributed by atoms with Crippen molar-refractivity contribution in [2.45, 2.75) is 18.7 Å². The third-order valence-corrected chi connectivity index (χ3v) is 8.01. The first-order chi connectivity index (χ1) is 24.8. The molecule has 0 radical (unpaired) electrons. The molecule has 2 heterocycles. The normalized spacial score (nSPS) is 10.8. The van der Waals surface area contributed by atoms with Crippen molar-refractivity contribution < 1.29 is 109 Å². The molecule has 4 aromatic carbocycles. The maximum atomic E-state index is 12.6. The average molecular weight is 821 g/mol. The second kappa shape index (κ2) is 20.4. The van der Waals surface area contributed by atoms with E-state index in [1.807, 2.05) is 6.07 Å². The summed E-state index contributed by atoms with van der Waals surface area (Å²) < 4.78 is 33.5. The number of carbonyl (C=O) groups is 2. The molecule has 2 aromatic heterocycles. The van der Waals surface area contributed by atoms with Crippen LogP contribution in [0.15, 0.2) is 138 Å². The largest absolute Gasteiger partial charge is 1.00 e. The number of nitrogens with zero attached hydrogens (tertiary/aromatic N) is 8. The Labute approximate surface area is 367 Å². The van der Waals surface area contributed by atoms with Crippen LogP contribution in [0.25, 0.3) is 11.4 Å². The summed E-state index contributed by atoms with van der Waals surface area (Å²) in [6.45, 7) is 3.18. The molecule has 55 heavy (non-hydrogen) atoms. The van der Waals surface area contributed by atoms with Gasteiger partial charge in [0.1, 0.15) is 11.1 Å². The SMILES string of the molecule is Cc1nn(-c2ccc(S(=O)(=O)O)cc2)c(=O)[c-]1N=Nc1ccccc1C(=O)O.Cc1nn(-c2ccccc2)c(=O)[c-]1N=Nc1ccccc1C(=O)O.[Cr].[Na+].[Na+]. The van der Waals surface area contributed by atoms with E-state index in [4.69, 9.17) is 14.8 Å². The van der Waals surface area contributed by atoms with Crippen LogP contribution in [0, 0.1) is 13.8 Å². The Morgan fingerprint density at radius 3 is 1.36 bits per heavy atom. The van der Waals surface area contributed by atoms with Gasteiger partial charge in [-0.3, -0.25) is 4.55 Å². The van der Waals surface area contributed by atoms with Crippen molar-refractivity contribution in [3.8, 4) is 11.4 Å². The molecule has 270 valence electrons. The van der Waals surface area contributed by atoms with Gasteiger partial charge in [-0.2, -0.15) is 18.6 Å². The molecule has 0 atom stereocenters. The van der Waals surface area contributed by atoms with Crippen molar-refractivity contribution in [1.29, 1.82) is 0 Å². The van der Waals surface area contributed by atoms with Gasteiger partial charge >= 0.3 is 71.1 Å². The molecule has 0 aliphatic rings. The van der Waals surface area contributed by atoms with Crippen molar-refractivity contribution in [3.63, 3.8) is 0 Å². The molecule has 0 saturated heterocycles. The summed E-state index contributed by atoms with van der Waals surface area (Å²) in [6.07, 6.45) is 0. The second-order valence-corrected chi connectivity index (χ2v) is 12.1. The molecule has 0 amide bonds. The summed E-state index contributed by atoms with van der Waals surface area (Å²) >= 11 is 0. The maximum Gasteiger partial charge on any atom is 1.00 e. The van der Waals surface area contributed by atoms with Crippen LogP contribution in [0.3, 0.4) is 0 Å². The molecular formula is C34H26CrN8Na2O9S. The zero-order chi connectivity index (χ0) is 37.6. The van der Waals surface area contributed by atoms with Crippen LogP contribution >= 0.6 is 0 Å². The zero-order valence-corrected chi connectivity index (χ0v) is 35.6. The first kappa shape index (κ1) is 46.6. The fraction of sp³-hybridized carbons (Fsp3) is 0.0588.